The molecule has 0 aliphatic rings. The highest BCUT2D eigenvalue weighted by molar-refractivity contribution is 5.56. The van der Waals surface area contributed by atoms with Crippen LogP contribution in [0.25, 0.3) is 5.52 Å². The van der Waals surface area contributed by atoms with Crippen LogP contribution in [-0.4, -0.2) is 9.38 Å². The van der Waals surface area contributed by atoms with Gasteiger partial charge in [0.05, 0.1) is 11.7 Å². The Morgan fingerprint density at radius 3 is 2.91 bits per heavy atom. The topological polar surface area (TPSA) is 17.3 Å². The van der Waals surface area contributed by atoms with Gasteiger partial charge in [-0.1, -0.05) is 0 Å². The maximum Gasteiger partial charge on any atom is 0.0666 e. The van der Waals surface area contributed by atoms with Crippen LogP contribution in [0.15, 0.2) is 24.8 Å². The van der Waals surface area contributed by atoms with E-state index >= 15 is 0 Å². The number of hydrogen-bond acceptors (Lipinski definition) is 1. The fourth-order valence-electron chi connectivity index (χ4n) is 1.28. The average Bonchev–Trinajstić information content (AvgIpc) is 2.30. The van der Waals surface area contributed by atoms with E-state index in [1.807, 2.05) is 12.4 Å². The molecular weight excluding hydrogens is 136 g/mol. The van der Waals surface area contributed by atoms with Gasteiger partial charge in [-0.2, -0.15) is 0 Å². The first kappa shape index (κ1) is 6.40. The molecule has 2 heterocycles. The van der Waals surface area contributed by atoms with Crippen LogP contribution in [-0.2, 0) is 0 Å². The average molecular weight is 146 g/mol. The predicted molar refractivity (Wildman–Crippen MR) is 44.7 cm³/mol. The Bertz CT molecular complexity index is 387. The molecule has 0 spiro atoms. The third-order valence-electron chi connectivity index (χ3n) is 2.10. The standard InChI is InChI=1S/C9H10N2/c1-7-6-11-4-3-10-5-9(11)8(7)2/h3-6H,1-2H3. The Labute approximate surface area is 65.5 Å². The molecule has 2 rings (SSSR count). The Morgan fingerprint density at radius 1 is 1.36 bits per heavy atom. The highest BCUT2D eigenvalue weighted by Gasteiger charge is 2.00. The molecule has 0 saturated heterocycles. The maximum atomic E-state index is 4.07. The summed E-state index contributed by atoms with van der Waals surface area (Å²) in [5, 5.41) is 0. The van der Waals surface area contributed by atoms with Crippen molar-refractivity contribution in [3.05, 3.63) is 35.9 Å². The van der Waals surface area contributed by atoms with Crippen molar-refractivity contribution in [2.24, 2.45) is 0 Å². The smallest absolute Gasteiger partial charge is 0.0666 e. The minimum atomic E-state index is 1.20. The van der Waals surface area contributed by atoms with Gasteiger partial charge >= 0.3 is 0 Å². The molecule has 2 heteroatoms. The van der Waals surface area contributed by atoms with E-state index in [0.29, 0.717) is 0 Å². The first-order valence-electron chi connectivity index (χ1n) is 3.67. The van der Waals surface area contributed by atoms with Crippen LogP contribution in [0.2, 0.25) is 0 Å². The van der Waals surface area contributed by atoms with Gasteiger partial charge in [0.15, 0.2) is 0 Å². The van der Waals surface area contributed by atoms with Crippen molar-refractivity contribution >= 4 is 5.52 Å². The zero-order chi connectivity index (χ0) is 7.84. The molecule has 0 fully saturated rings. The molecule has 0 amide bonds. The van der Waals surface area contributed by atoms with E-state index in [9.17, 15) is 0 Å². The Morgan fingerprint density at radius 2 is 2.18 bits per heavy atom. The van der Waals surface area contributed by atoms with Gasteiger partial charge in [0.1, 0.15) is 0 Å². The van der Waals surface area contributed by atoms with Gasteiger partial charge in [-0.3, -0.25) is 4.98 Å². The summed E-state index contributed by atoms with van der Waals surface area (Å²) in [7, 11) is 0. The molecule has 0 N–H and O–H groups in total. The highest BCUT2D eigenvalue weighted by Crippen LogP contribution is 2.14. The number of rotatable bonds is 0. The largest absolute Gasteiger partial charge is 0.320 e. The molecular formula is C9H10N2. The SMILES string of the molecule is Cc1cn2ccncc2c1C. The van der Waals surface area contributed by atoms with Gasteiger partial charge in [0, 0.05) is 18.6 Å². The number of fused-ring (bicyclic) bond motifs is 1. The third kappa shape index (κ3) is 0.827. The molecule has 0 bridgehead atoms. The van der Waals surface area contributed by atoms with Crippen LogP contribution in [0.4, 0.5) is 0 Å². The summed E-state index contributed by atoms with van der Waals surface area (Å²) in [6.07, 6.45) is 7.77. The van der Waals surface area contributed by atoms with Gasteiger partial charge in [0.2, 0.25) is 0 Å². The summed E-state index contributed by atoms with van der Waals surface area (Å²) in [6, 6.07) is 0. The lowest BCUT2D eigenvalue weighted by atomic mass is 10.2. The fraction of sp³-hybridized carbons (Fsp3) is 0.222. The maximum absolute atomic E-state index is 4.07. The number of aromatic nitrogens is 2. The first-order valence-corrected chi connectivity index (χ1v) is 3.67. The van der Waals surface area contributed by atoms with Crippen molar-refractivity contribution in [3.63, 3.8) is 0 Å². The number of hydrogen-bond donors (Lipinski definition) is 0. The molecule has 0 atom stereocenters. The third-order valence-corrected chi connectivity index (χ3v) is 2.10. The van der Waals surface area contributed by atoms with Crippen LogP contribution < -0.4 is 0 Å². The molecule has 56 valence electrons. The van der Waals surface area contributed by atoms with Gasteiger partial charge in [-0.15, -0.1) is 0 Å². The second-order valence-corrected chi connectivity index (χ2v) is 2.81. The van der Waals surface area contributed by atoms with E-state index in [4.69, 9.17) is 0 Å². The summed E-state index contributed by atoms with van der Waals surface area (Å²) in [5.74, 6) is 0. The molecule has 2 aromatic heterocycles. The molecule has 0 aliphatic heterocycles. The van der Waals surface area contributed by atoms with E-state index in [2.05, 4.69) is 29.4 Å². The van der Waals surface area contributed by atoms with Gasteiger partial charge < -0.3 is 4.40 Å². The quantitative estimate of drug-likeness (QED) is 0.555. The molecule has 2 aromatic rings. The van der Waals surface area contributed by atoms with E-state index in [1.165, 1.54) is 16.6 Å². The van der Waals surface area contributed by atoms with E-state index in [1.54, 1.807) is 6.20 Å². The van der Waals surface area contributed by atoms with Crippen molar-refractivity contribution in [2.75, 3.05) is 0 Å². The van der Waals surface area contributed by atoms with E-state index in [-0.39, 0.29) is 0 Å². The van der Waals surface area contributed by atoms with Gasteiger partial charge in [0.25, 0.3) is 0 Å². The molecule has 2 nitrogen and oxygen atoms in total. The molecule has 0 unspecified atom stereocenters. The summed E-state index contributed by atoms with van der Waals surface area (Å²) in [4.78, 5) is 4.07. The molecule has 0 aliphatic carbocycles. The van der Waals surface area contributed by atoms with Crippen LogP contribution >= 0.6 is 0 Å². The molecule has 0 aromatic carbocycles. The van der Waals surface area contributed by atoms with Crippen LogP contribution in [0.3, 0.4) is 0 Å². The van der Waals surface area contributed by atoms with Crippen molar-refractivity contribution in [2.45, 2.75) is 13.8 Å². The molecule has 0 radical (unpaired) electrons. The zero-order valence-electron chi connectivity index (χ0n) is 6.70. The predicted octanol–water partition coefficient (Wildman–Crippen LogP) is 1.95. The molecule has 0 saturated carbocycles. The van der Waals surface area contributed by atoms with Crippen LogP contribution in [0.1, 0.15) is 11.1 Å². The van der Waals surface area contributed by atoms with Crippen LogP contribution in [0.5, 0.6) is 0 Å². The lowest BCUT2D eigenvalue weighted by Crippen LogP contribution is -1.81. The summed E-state index contributed by atoms with van der Waals surface area (Å²) >= 11 is 0. The zero-order valence-corrected chi connectivity index (χ0v) is 6.70. The first-order chi connectivity index (χ1) is 5.29. The van der Waals surface area contributed by atoms with Crippen molar-refractivity contribution < 1.29 is 0 Å². The van der Waals surface area contributed by atoms with Gasteiger partial charge in [-0.25, -0.2) is 0 Å². The lowest BCUT2D eigenvalue weighted by Gasteiger charge is -1.91. The number of aryl methyl sites for hydroxylation is 2. The van der Waals surface area contributed by atoms with Crippen molar-refractivity contribution in [3.8, 4) is 0 Å². The highest BCUT2D eigenvalue weighted by atomic mass is 14.9. The Kier molecular flexibility index (Phi) is 1.22. The summed E-state index contributed by atoms with van der Waals surface area (Å²) in [6.45, 7) is 4.23. The summed E-state index contributed by atoms with van der Waals surface area (Å²) in [5.41, 5.74) is 3.83. The summed E-state index contributed by atoms with van der Waals surface area (Å²) < 4.78 is 2.09. The Hall–Kier alpha value is -1.31. The van der Waals surface area contributed by atoms with E-state index < -0.39 is 0 Å². The monoisotopic (exact) mass is 146 g/mol. The minimum absolute atomic E-state index is 1.20. The van der Waals surface area contributed by atoms with Crippen molar-refractivity contribution in [1.82, 2.24) is 9.38 Å². The van der Waals surface area contributed by atoms with E-state index in [0.717, 1.165) is 0 Å². The lowest BCUT2D eigenvalue weighted by molar-refractivity contribution is 1.13. The normalized spacial score (nSPS) is 10.7. The number of nitrogens with zero attached hydrogens (tertiary/aromatic N) is 2. The second-order valence-electron chi connectivity index (χ2n) is 2.81. The van der Waals surface area contributed by atoms with Gasteiger partial charge in [-0.05, 0) is 25.0 Å². The fourth-order valence-corrected chi connectivity index (χ4v) is 1.28. The van der Waals surface area contributed by atoms with Crippen molar-refractivity contribution in [1.29, 1.82) is 0 Å². The minimum Gasteiger partial charge on any atom is -0.320 e. The molecule has 11 heavy (non-hydrogen) atoms. The van der Waals surface area contributed by atoms with Crippen LogP contribution in [0, 0.1) is 13.8 Å². The second kappa shape index (κ2) is 2.09. The Balaban J connectivity index is 2.92.